The van der Waals surface area contributed by atoms with Gasteiger partial charge in [0.15, 0.2) is 0 Å². The average Bonchev–Trinajstić information content (AvgIpc) is 3.06. The number of rotatable bonds is 2. The molecular formula is C16H22N2S. The Kier molecular flexibility index (Phi) is 3.30. The van der Waals surface area contributed by atoms with Gasteiger partial charge in [-0.3, -0.25) is 0 Å². The molecule has 3 aliphatic rings. The molecule has 0 bridgehead atoms. The molecule has 3 atom stereocenters. The van der Waals surface area contributed by atoms with E-state index in [4.69, 9.17) is 0 Å². The fourth-order valence-electron chi connectivity index (χ4n) is 3.96. The van der Waals surface area contributed by atoms with Crippen molar-refractivity contribution in [3.63, 3.8) is 0 Å². The second-order valence-electron chi connectivity index (χ2n) is 6.12. The number of benzene rings is 1. The van der Waals surface area contributed by atoms with Crippen molar-refractivity contribution >= 4 is 11.8 Å². The molecule has 3 heteroatoms. The third kappa shape index (κ3) is 2.32. The Morgan fingerprint density at radius 1 is 1.16 bits per heavy atom. The van der Waals surface area contributed by atoms with E-state index in [2.05, 4.69) is 34.5 Å². The van der Waals surface area contributed by atoms with E-state index in [9.17, 15) is 0 Å². The number of fused-ring (bicyclic) bond motifs is 2. The third-order valence-corrected chi connectivity index (χ3v) is 6.14. The van der Waals surface area contributed by atoms with Gasteiger partial charge in [0, 0.05) is 28.8 Å². The predicted octanol–water partition coefficient (Wildman–Crippen LogP) is 3.05. The molecule has 102 valence electrons. The van der Waals surface area contributed by atoms with Gasteiger partial charge in [-0.1, -0.05) is 18.2 Å². The van der Waals surface area contributed by atoms with Gasteiger partial charge in [-0.25, -0.2) is 0 Å². The quantitative estimate of drug-likeness (QED) is 0.892. The molecule has 2 fully saturated rings. The second kappa shape index (κ2) is 5.12. The zero-order valence-electron chi connectivity index (χ0n) is 11.3. The molecule has 4 rings (SSSR count). The lowest BCUT2D eigenvalue weighted by molar-refractivity contribution is 0.162. The largest absolute Gasteiger partial charge is 0.306 e. The van der Waals surface area contributed by atoms with Crippen LogP contribution in [0.25, 0.3) is 0 Å². The van der Waals surface area contributed by atoms with E-state index in [0.29, 0.717) is 6.04 Å². The van der Waals surface area contributed by atoms with Gasteiger partial charge in [-0.2, -0.15) is 0 Å². The number of nitrogens with one attached hydrogen (secondary N) is 1. The standard InChI is InChI=1S/C16H22N2S/c1-2-6-16-14(5-1)15(11-19-16)17-12-7-9-18-8-3-4-13(18)10-12/h1-2,5-6,12-13,15,17H,3-4,7-11H2. The van der Waals surface area contributed by atoms with Crippen LogP contribution in [0.5, 0.6) is 0 Å². The highest BCUT2D eigenvalue weighted by Crippen LogP contribution is 2.39. The molecule has 0 amide bonds. The van der Waals surface area contributed by atoms with Crippen molar-refractivity contribution in [3.8, 4) is 0 Å². The molecule has 0 aliphatic carbocycles. The molecule has 0 radical (unpaired) electrons. The summed E-state index contributed by atoms with van der Waals surface area (Å²) in [5, 5.41) is 3.94. The summed E-state index contributed by atoms with van der Waals surface area (Å²) in [4.78, 5) is 4.19. The van der Waals surface area contributed by atoms with Crippen LogP contribution in [0.3, 0.4) is 0 Å². The zero-order chi connectivity index (χ0) is 12.7. The molecule has 3 unspecified atom stereocenters. The van der Waals surface area contributed by atoms with E-state index in [1.165, 1.54) is 55.0 Å². The average molecular weight is 274 g/mol. The molecule has 2 nitrogen and oxygen atoms in total. The zero-order valence-corrected chi connectivity index (χ0v) is 12.2. The molecule has 1 aromatic carbocycles. The maximum atomic E-state index is 3.94. The summed E-state index contributed by atoms with van der Waals surface area (Å²) in [6.45, 7) is 2.66. The first-order valence-electron chi connectivity index (χ1n) is 7.62. The Balaban J connectivity index is 1.43. The molecule has 2 saturated heterocycles. The van der Waals surface area contributed by atoms with E-state index in [-0.39, 0.29) is 0 Å². The maximum Gasteiger partial charge on any atom is 0.0428 e. The van der Waals surface area contributed by atoms with Crippen LogP contribution < -0.4 is 5.32 Å². The summed E-state index contributed by atoms with van der Waals surface area (Å²) in [6.07, 6.45) is 5.54. The molecular weight excluding hydrogens is 252 g/mol. The van der Waals surface area contributed by atoms with E-state index >= 15 is 0 Å². The Hall–Kier alpha value is -0.510. The van der Waals surface area contributed by atoms with Gasteiger partial charge in [0.1, 0.15) is 0 Å². The summed E-state index contributed by atoms with van der Waals surface area (Å²) in [5.41, 5.74) is 1.53. The molecule has 3 heterocycles. The van der Waals surface area contributed by atoms with Crippen LogP contribution in [0, 0.1) is 0 Å². The Morgan fingerprint density at radius 2 is 2.11 bits per heavy atom. The van der Waals surface area contributed by atoms with E-state index in [1.807, 2.05) is 11.8 Å². The van der Waals surface area contributed by atoms with E-state index < -0.39 is 0 Å². The van der Waals surface area contributed by atoms with Crippen molar-refractivity contribution in [3.05, 3.63) is 29.8 Å². The first kappa shape index (κ1) is 12.2. The monoisotopic (exact) mass is 274 g/mol. The minimum atomic E-state index is 0.583. The Labute approximate surface area is 119 Å². The van der Waals surface area contributed by atoms with Gasteiger partial charge in [-0.05, 0) is 50.4 Å². The SMILES string of the molecule is c1ccc2c(c1)SCC2NC1CCN2CCCC2C1. The molecule has 0 aromatic heterocycles. The van der Waals surface area contributed by atoms with Crippen molar-refractivity contribution in [1.82, 2.24) is 10.2 Å². The lowest BCUT2D eigenvalue weighted by atomic mass is 9.96. The number of nitrogens with zero attached hydrogens (tertiary/aromatic N) is 1. The lowest BCUT2D eigenvalue weighted by Crippen LogP contribution is -2.46. The van der Waals surface area contributed by atoms with E-state index in [1.54, 1.807) is 0 Å². The molecule has 0 spiro atoms. The van der Waals surface area contributed by atoms with Crippen molar-refractivity contribution in [2.24, 2.45) is 0 Å². The normalized spacial score (nSPS) is 34.2. The fraction of sp³-hybridized carbons (Fsp3) is 0.625. The highest BCUT2D eigenvalue weighted by molar-refractivity contribution is 7.99. The fourth-order valence-corrected chi connectivity index (χ4v) is 5.13. The number of piperidine rings is 1. The molecule has 1 aromatic rings. The van der Waals surface area contributed by atoms with Crippen molar-refractivity contribution in [2.75, 3.05) is 18.8 Å². The van der Waals surface area contributed by atoms with Gasteiger partial charge < -0.3 is 10.2 Å². The molecule has 0 saturated carbocycles. The van der Waals surface area contributed by atoms with Crippen LogP contribution in [0.1, 0.15) is 37.3 Å². The van der Waals surface area contributed by atoms with Gasteiger partial charge in [0.2, 0.25) is 0 Å². The maximum absolute atomic E-state index is 3.94. The number of hydrogen-bond acceptors (Lipinski definition) is 3. The third-order valence-electron chi connectivity index (χ3n) is 4.96. The van der Waals surface area contributed by atoms with Gasteiger partial charge in [-0.15, -0.1) is 11.8 Å². The van der Waals surface area contributed by atoms with Crippen molar-refractivity contribution in [2.45, 2.75) is 48.7 Å². The predicted molar refractivity (Wildman–Crippen MR) is 80.7 cm³/mol. The summed E-state index contributed by atoms with van der Waals surface area (Å²) in [6, 6.07) is 11.1. The second-order valence-corrected chi connectivity index (χ2v) is 7.18. The van der Waals surface area contributed by atoms with Gasteiger partial charge in [0.05, 0.1) is 0 Å². The highest BCUT2D eigenvalue weighted by Gasteiger charge is 2.33. The smallest absolute Gasteiger partial charge is 0.0428 e. The van der Waals surface area contributed by atoms with Crippen molar-refractivity contribution in [1.29, 1.82) is 0 Å². The topological polar surface area (TPSA) is 15.3 Å². The van der Waals surface area contributed by atoms with E-state index in [0.717, 1.165) is 12.1 Å². The van der Waals surface area contributed by atoms with Crippen LogP contribution in [0.2, 0.25) is 0 Å². The molecule has 1 N–H and O–H groups in total. The van der Waals surface area contributed by atoms with Gasteiger partial charge >= 0.3 is 0 Å². The summed E-state index contributed by atoms with van der Waals surface area (Å²) >= 11 is 2.01. The lowest BCUT2D eigenvalue weighted by Gasteiger charge is -2.36. The first-order chi connectivity index (χ1) is 9.40. The van der Waals surface area contributed by atoms with Crippen LogP contribution in [-0.2, 0) is 0 Å². The minimum absolute atomic E-state index is 0.583. The first-order valence-corrected chi connectivity index (χ1v) is 8.60. The number of hydrogen-bond donors (Lipinski definition) is 1. The van der Waals surface area contributed by atoms with Crippen LogP contribution in [0.4, 0.5) is 0 Å². The van der Waals surface area contributed by atoms with Crippen LogP contribution in [0.15, 0.2) is 29.2 Å². The summed E-state index contributed by atoms with van der Waals surface area (Å²) < 4.78 is 0. The Morgan fingerprint density at radius 3 is 3.11 bits per heavy atom. The van der Waals surface area contributed by atoms with Gasteiger partial charge in [0.25, 0.3) is 0 Å². The number of thioether (sulfide) groups is 1. The summed E-state index contributed by atoms with van der Waals surface area (Å²) in [5.74, 6) is 1.21. The van der Waals surface area contributed by atoms with Crippen molar-refractivity contribution < 1.29 is 0 Å². The minimum Gasteiger partial charge on any atom is -0.306 e. The van der Waals surface area contributed by atoms with Crippen LogP contribution in [-0.4, -0.2) is 35.8 Å². The molecule has 19 heavy (non-hydrogen) atoms. The van der Waals surface area contributed by atoms with Crippen LogP contribution >= 0.6 is 11.8 Å². The Bertz CT molecular complexity index is 462. The summed E-state index contributed by atoms with van der Waals surface area (Å²) in [7, 11) is 0. The molecule has 3 aliphatic heterocycles. The highest BCUT2D eigenvalue weighted by atomic mass is 32.2.